The minimum Gasteiger partial charge on any atom is -0.411 e. The lowest BCUT2D eigenvalue weighted by atomic mass is 9.96. The summed E-state index contributed by atoms with van der Waals surface area (Å²) in [5.74, 6) is 0.0630. The number of benzene rings is 1. The first-order valence-electron chi connectivity index (χ1n) is 8.74. The number of aromatic nitrogens is 2. The van der Waals surface area contributed by atoms with Gasteiger partial charge in [-0.05, 0) is 31.4 Å². The van der Waals surface area contributed by atoms with Crippen LogP contribution in [0.4, 0.5) is 4.79 Å². The molecule has 1 aliphatic rings. The quantitative estimate of drug-likeness (QED) is 0.780. The first-order chi connectivity index (χ1) is 12.6. The number of hydrogen-bond acceptors (Lipinski definition) is 6. The topological polar surface area (TPSA) is 97.1 Å². The molecule has 3 amide bonds. The Hall–Kier alpha value is -2.35. The summed E-state index contributed by atoms with van der Waals surface area (Å²) < 4.78 is 5.59. The third-order valence-electron chi connectivity index (χ3n) is 4.30. The van der Waals surface area contributed by atoms with Gasteiger partial charge in [0.25, 0.3) is 5.22 Å². The standard InChI is InChI=1S/C18H22N4O3S/c1-12-7-5-6-10-14(12)16-21-22-18(25-16)26-11-15(23)20-17(24)19-13-8-3-2-4-9-13/h5-7,10,13H,2-4,8-9,11H2,1H3,(H2,19,20,23,24). The van der Waals surface area contributed by atoms with Crippen molar-refractivity contribution >= 4 is 23.7 Å². The third-order valence-corrected chi connectivity index (χ3v) is 5.12. The number of hydrogen-bond donors (Lipinski definition) is 2. The van der Waals surface area contributed by atoms with Crippen molar-refractivity contribution in [1.82, 2.24) is 20.8 Å². The summed E-state index contributed by atoms with van der Waals surface area (Å²) in [6, 6.07) is 7.43. The van der Waals surface area contributed by atoms with Gasteiger partial charge in [-0.2, -0.15) is 0 Å². The highest BCUT2D eigenvalue weighted by molar-refractivity contribution is 7.99. The molecule has 0 saturated heterocycles. The molecule has 8 heteroatoms. The Balaban J connectivity index is 1.46. The Morgan fingerprint density at radius 1 is 1.19 bits per heavy atom. The van der Waals surface area contributed by atoms with Crippen molar-refractivity contribution in [3.63, 3.8) is 0 Å². The molecular formula is C18H22N4O3S. The van der Waals surface area contributed by atoms with Gasteiger partial charge in [0.05, 0.1) is 5.75 Å². The summed E-state index contributed by atoms with van der Waals surface area (Å²) in [6.07, 6.45) is 5.40. The highest BCUT2D eigenvalue weighted by Gasteiger charge is 2.18. The molecule has 1 fully saturated rings. The van der Waals surface area contributed by atoms with Gasteiger partial charge in [-0.1, -0.05) is 49.2 Å². The van der Waals surface area contributed by atoms with Crippen LogP contribution in [0.5, 0.6) is 0 Å². The lowest BCUT2D eigenvalue weighted by Crippen LogP contribution is -2.45. The predicted octanol–water partition coefficient (Wildman–Crippen LogP) is 3.30. The van der Waals surface area contributed by atoms with Crippen molar-refractivity contribution in [2.45, 2.75) is 50.3 Å². The summed E-state index contributed by atoms with van der Waals surface area (Å²) in [6.45, 7) is 1.96. The van der Waals surface area contributed by atoms with E-state index in [1.807, 2.05) is 31.2 Å². The number of carbonyl (C=O) groups excluding carboxylic acids is 2. The van der Waals surface area contributed by atoms with Crippen LogP contribution in [0.3, 0.4) is 0 Å². The number of thioether (sulfide) groups is 1. The second-order valence-electron chi connectivity index (χ2n) is 6.33. The first-order valence-corrected chi connectivity index (χ1v) is 9.73. The zero-order valence-electron chi connectivity index (χ0n) is 14.7. The van der Waals surface area contributed by atoms with E-state index in [9.17, 15) is 9.59 Å². The molecule has 138 valence electrons. The number of nitrogens with zero attached hydrogens (tertiary/aromatic N) is 2. The largest absolute Gasteiger partial charge is 0.411 e. The molecule has 1 saturated carbocycles. The van der Waals surface area contributed by atoms with Gasteiger partial charge >= 0.3 is 6.03 Å². The third kappa shape index (κ3) is 5.08. The van der Waals surface area contributed by atoms with Gasteiger partial charge in [-0.3, -0.25) is 10.1 Å². The number of amides is 3. The summed E-state index contributed by atoms with van der Waals surface area (Å²) in [7, 11) is 0. The predicted molar refractivity (Wildman–Crippen MR) is 98.7 cm³/mol. The van der Waals surface area contributed by atoms with Crippen LogP contribution < -0.4 is 10.6 Å². The molecule has 0 aliphatic heterocycles. The fraction of sp³-hybridized carbons (Fsp3) is 0.444. The Kier molecular flexibility index (Phi) is 6.27. The van der Waals surface area contributed by atoms with Crippen LogP contribution in [0.2, 0.25) is 0 Å². The van der Waals surface area contributed by atoms with Crippen molar-refractivity contribution in [2.75, 3.05) is 5.75 Å². The van der Waals surface area contributed by atoms with Crippen LogP contribution in [0.1, 0.15) is 37.7 Å². The number of rotatable bonds is 5. The fourth-order valence-corrected chi connectivity index (χ4v) is 3.51. The van der Waals surface area contributed by atoms with E-state index in [4.69, 9.17) is 4.42 Å². The highest BCUT2D eigenvalue weighted by atomic mass is 32.2. The molecule has 26 heavy (non-hydrogen) atoms. The zero-order chi connectivity index (χ0) is 18.4. The van der Waals surface area contributed by atoms with Crippen LogP contribution >= 0.6 is 11.8 Å². The maximum atomic E-state index is 11.9. The van der Waals surface area contributed by atoms with E-state index in [2.05, 4.69) is 20.8 Å². The van der Waals surface area contributed by atoms with Crippen LogP contribution in [-0.4, -0.2) is 33.9 Å². The zero-order valence-corrected chi connectivity index (χ0v) is 15.5. The van der Waals surface area contributed by atoms with Crippen LogP contribution in [0, 0.1) is 6.92 Å². The van der Waals surface area contributed by atoms with Gasteiger partial charge in [-0.15, -0.1) is 10.2 Å². The number of urea groups is 1. The average molecular weight is 374 g/mol. The smallest absolute Gasteiger partial charge is 0.321 e. The van der Waals surface area contributed by atoms with Crippen molar-refractivity contribution in [1.29, 1.82) is 0 Å². The Morgan fingerprint density at radius 2 is 1.96 bits per heavy atom. The minimum atomic E-state index is -0.436. The van der Waals surface area contributed by atoms with Crippen LogP contribution in [0.15, 0.2) is 33.9 Å². The summed E-state index contributed by atoms with van der Waals surface area (Å²) in [4.78, 5) is 23.8. The number of aryl methyl sites for hydroxylation is 1. The maximum Gasteiger partial charge on any atom is 0.321 e. The minimum absolute atomic E-state index is 0.0352. The van der Waals surface area contributed by atoms with Gasteiger partial charge < -0.3 is 9.73 Å². The van der Waals surface area contributed by atoms with Gasteiger partial charge in [-0.25, -0.2) is 4.79 Å². The van der Waals surface area contributed by atoms with Crippen molar-refractivity contribution < 1.29 is 14.0 Å². The summed E-state index contributed by atoms with van der Waals surface area (Å²) in [5.41, 5.74) is 1.90. The molecular weight excluding hydrogens is 352 g/mol. The molecule has 1 aromatic heterocycles. The van der Waals surface area contributed by atoms with Crippen molar-refractivity contribution in [3.8, 4) is 11.5 Å². The molecule has 7 nitrogen and oxygen atoms in total. The summed E-state index contributed by atoms with van der Waals surface area (Å²) >= 11 is 1.11. The fourth-order valence-electron chi connectivity index (χ4n) is 2.95. The molecule has 3 rings (SSSR count). The molecule has 0 bridgehead atoms. The molecule has 2 N–H and O–H groups in total. The van der Waals surface area contributed by atoms with Gasteiger partial charge in [0, 0.05) is 11.6 Å². The van der Waals surface area contributed by atoms with Gasteiger partial charge in [0.2, 0.25) is 11.8 Å². The first kappa shape index (κ1) is 18.4. The lowest BCUT2D eigenvalue weighted by Gasteiger charge is -2.22. The molecule has 0 radical (unpaired) electrons. The van der Waals surface area contributed by atoms with Crippen molar-refractivity contribution in [2.24, 2.45) is 0 Å². The van der Waals surface area contributed by atoms with E-state index in [0.717, 1.165) is 48.6 Å². The number of nitrogens with one attached hydrogen (secondary N) is 2. The summed E-state index contributed by atoms with van der Waals surface area (Å²) in [5, 5.41) is 13.5. The number of imide groups is 1. The van der Waals surface area contributed by atoms with Crippen LogP contribution in [0.25, 0.3) is 11.5 Å². The van der Waals surface area contributed by atoms with Gasteiger partial charge in [0.15, 0.2) is 0 Å². The van der Waals surface area contributed by atoms with Crippen LogP contribution in [-0.2, 0) is 4.79 Å². The lowest BCUT2D eigenvalue weighted by molar-refractivity contribution is -0.117. The highest BCUT2D eigenvalue weighted by Crippen LogP contribution is 2.25. The van der Waals surface area contributed by atoms with E-state index in [-0.39, 0.29) is 17.7 Å². The Morgan fingerprint density at radius 3 is 2.73 bits per heavy atom. The molecule has 1 aromatic carbocycles. The molecule has 0 atom stereocenters. The average Bonchev–Trinajstić information content (AvgIpc) is 3.10. The molecule has 0 unspecified atom stereocenters. The van der Waals surface area contributed by atoms with E-state index in [1.165, 1.54) is 6.42 Å². The van der Waals surface area contributed by atoms with Gasteiger partial charge in [0.1, 0.15) is 0 Å². The van der Waals surface area contributed by atoms with E-state index in [1.54, 1.807) is 0 Å². The Labute approximate surface area is 156 Å². The SMILES string of the molecule is Cc1ccccc1-c1nnc(SCC(=O)NC(=O)NC2CCCCC2)o1. The normalized spacial score (nSPS) is 14.8. The molecule has 2 aromatic rings. The molecule has 1 aliphatic carbocycles. The Bertz CT molecular complexity index is 771. The second-order valence-corrected chi connectivity index (χ2v) is 7.26. The second kappa shape index (κ2) is 8.84. The maximum absolute atomic E-state index is 11.9. The van der Waals surface area contributed by atoms with E-state index in [0.29, 0.717) is 11.1 Å². The molecule has 1 heterocycles. The van der Waals surface area contributed by atoms with E-state index >= 15 is 0 Å². The monoisotopic (exact) mass is 374 g/mol. The van der Waals surface area contributed by atoms with Crippen molar-refractivity contribution in [3.05, 3.63) is 29.8 Å². The molecule has 0 spiro atoms. The number of carbonyl (C=O) groups is 2. The van der Waals surface area contributed by atoms with E-state index < -0.39 is 6.03 Å².